The number of aromatic nitrogens is 4. The number of nitrogens with one attached hydrogen (secondary N) is 1. The molecule has 4 rings (SSSR count). The number of alkyl halides is 7. The minimum Gasteiger partial charge on any atom is -0.464 e. The standard InChI is InChI=1S/C16H16F3N3O5S2.C14H12F3N3O4S2.C2H5IO/c1-26-10-22(14-13(15(23)27-2)20-7-8-21-14)29(24,25)9-11-5-3-4-6-12(11)28-16(17,18)19;1-24-13(21)11-12(19-7-6-18-11)20-26(22,23)8-9-4-2-3-5-10(9)25-14(15,16)17;1-4-2-3/h3-8H,9-10H2,1-2H3;2-7H,8H2,1H3,(H,19,20);2H2,1H3. The van der Waals surface area contributed by atoms with E-state index >= 15 is 0 Å². The van der Waals surface area contributed by atoms with Gasteiger partial charge in [0, 0.05) is 48.8 Å². The summed E-state index contributed by atoms with van der Waals surface area (Å²) in [5, 5.41) is 0. The highest BCUT2D eigenvalue weighted by molar-refractivity contribution is 14.1. The summed E-state index contributed by atoms with van der Waals surface area (Å²) in [4.78, 5) is 38.1. The van der Waals surface area contributed by atoms with Gasteiger partial charge in [-0.15, -0.1) is 0 Å². The van der Waals surface area contributed by atoms with Gasteiger partial charge >= 0.3 is 23.0 Å². The molecule has 0 spiro atoms. The van der Waals surface area contributed by atoms with Gasteiger partial charge in [-0.3, -0.25) is 4.72 Å². The van der Waals surface area contributed by atoms with Gasteiger partial charge < -0.3 is 18.9 Å². The number of nitrogens with zero attached hydrogens (tertiary/aromatic N) is 5. The Balaban J connectivity index is 0.000000375. The molecular formula is C32H33F6IN6O10S4. The predicted molar refractivity (Wildman–Crippen MR) is 213 cm³/mol. The second-order valence-corrected chi connectivity index (χ2v) is 17.0. The third-order valence-electron chi connectivity index (χ3n) is 6.39. The minimum absolute atomic E-state index is 0.0502. The molecule has 0 unspecified atom stereocenters. The maximum atomic E-state index is 13.0. The highest BCUT2D eigenvalue weighted by Gasteiger charge is 2.34. The zero-order valence-electron chi connectivity index (χ0n) is 30.9. The van der Waals surface area contributed by atoms with Gasteiger partial charge in [0.05, 0.1) is 30.3 Å². The van der Waals surface area contributed by atoms with Crippen molar-refractivity contribution in [2.75, 3.05) is 48.8 Å². The minimum atomic E-state index is -4.59. The summed E-state index contributed by atoms with van der Waals surface area (Å²) in [6.07, 6.45) is 4.65. The topological polar surface area (TPSA) is 206 Å². The molecule has 2 heterocycles. The molecule has 1 N–H and O–H groups in total. The fourth-order valence-corrected chi connectivity index (χ4v) is 8.32. The lowest BCUT2D eigenvalue weighted by Gasteiger charge is -2.24. The second kappa shape index (κ2) is 23.7. The Labute approximate surface area is 356 Å². The number of anilines is 2. The maximum Gasteiger partial charge on any atom is 0.446 e. The van der Waals surface area contributed by atoms with Crippen molar-refractivity contribution in [2.24, 2.45) is 0 Å². The van der Waals surface area contributed by atoms with Gasteiger partial charge in [0.25, 0.3) is 0 Å². The van der Waals surface area contributed by atoms with Crippen LogP contribution in [0.15, 0.2) is 83.1 Å². The monoisotopic (exact) mass is 1030 g/mol. The quantitative estimate of drug-likeness (QED) is 0.0330. The van der Waals surface area contributed by atoms with Crippen LogP contribution in [0, 0.1) is 0 Å². The van der Waals surface area contributed by atoms with Crippen molar-refractivity contribution in [1.29, 1.82) is 0 Å². The van der Waals surface area contributed by atoms with E-state index in [0.29, 0.717) is 4.31 Å². The number of thioether (sulfide) groups is 2. The van der Waals surface area contributed by atoms with E-state index in [-0.39, 0.29) is 43.9 Å². The van der Waals surface area contributed by atoms with Crippen molar-refractivity contribution in [3.63, 3.8) is 0 Å². The molecule has 2 aromatic carbocycles. The van der Waals surface area contributed by atoms with Gasteiger partial charge in [-0.2, -0.15) is 26.3 Å². The van der Waals surface area contributed by atoms with Gasteiger partial charge in [-0.25, -0.2) is 50.7 Å². The molecule has 0 aliphatic heterocycles. The van der Waals surface area contributed by atoms with Crippen LogP contribution in [0.2, 0.25) is 0 Å². The molecule has 0 saturated heterocycles. The molecule has 0 aliphatic rings. The van der Waals surface area contributed by atoms with E-state index in [9.17, 15) is 52.8 Å². The number of esters is 2. The van der Waals surface area contributed by atoms with E-state index in [0.717, 1.165) is 31.2 Å². The van der Waals surface area contributed by atoms with E-state index in [4.69, 9.17) is 4.74 Å². The van der Waals surface area contributed by atoms with Crippen LogP contribution < -0.4 is 9.03 Å². The summed E-state index contributed by atoms with van der Waals surface area (Å²) in [5.41, 5.74) is -10.0. The van der Waals surface area contributed by atoms with E-state index in [2.05, 4.69) is 56.7 Å². The van der Waals surface area contributed by atoms with Crippen LogP contribution in [0.3, 0.4) is 0 Å². The molecular weight excluding hydrogens is 998 g/mol. The van der Waals surface area contributed by atoms with Crippen LogP contribution in [0.25, 0.3) is 0 Å². The number of hydrogen-bond acceptors (Lipinski definition) is 16. The summed E-state index contributed by atoms with van der Waals surface area (Å²) in [7, 11) is -3.43. The summed E-state index contributed by atoms with van der Waals surface area (Å²) in [6.45, 7) is -0.542. The summed E-state index contributed by atoms with van der Waals surface area (Å²) in [5.74, 6) is -4.11. The van der Waals surface area contributed by atoms with Crippen LogP contribution in [-0.2, 0) is 50.5 Å². The molecule has 0 saturated carbocycles. The zero-order chi connectivity index (χ0) is 44.4. The maximum absolute atomic E-state index is 13.0. The van der Waals surface area contributed by atoms with Crippen molar-refractivity contribution >= 4 is 89.7 Å². The molecule has 0 atom stereocenters. The SMILES string of the molecule is COC(=O)c1nccnc1NS(=O)(=O)Cc1ccccc1SC(F)(F)F.COCI.COCN(c1nccnc1C(=O)OC)S(=O)(=O)Cc1ccccc1SC(F)(F)F. The number of carbonyl (C=O) groups excluding carboxylic acids is 2. The lowest BCUT2D eigenvalue weighted by atomic mass is 10.2. The Hall–Kier alpha value is -4.03. The Morgan fingerprint density at radius 2 is 1.14 bits per heavy atom. The smallest absolute Gasteiger partial charge is 0.446 e. The van der Waals surface area contributed by atoms with Crippen molar-refractivity contribution < 1.29 is 71.7 Å². The van der Waals surface area contributed by atoms with E-state index in [1.54, 1.807) is 7.11 Å². The zero-order valence-corrected chi connectivity index (χ0v) is 36.3. The lowest BCUT2D eigenvalue weighted by molar-refractivity contribution is -0.0337. The predicted octanol–water partition coefficient (Wildman–Crippen LogP) is 6.66. The summed E-state index contributed by atoms with van der Waals surface area (Å²) in [6, 6.07) is 10.5. The van der Waals surface area contributed by atoms with Crippen molar-refractivity contribution in [3.8, 4) is 0 Å². The van der Waals surface area contributed by atoms with Crippen molar-refractivity contribution in [2.45, 2.75) is 32.3 Å². The van der Waals surface area contributed by atoms with Crippen LogP contribution in [0.5, 0.6) is 0 Å². The first-order valence-corrected chi connectivity index (χ1v) is 22.0. The van der Waals surface area contributed by atoms with Gasteiger partial charge in [0.2, 0.25) is 20.0 Å². The average Bonchev–Trinajstić information content (AvgIpc) is 3.17. The number of methoxy groups -OCH3 is 4. The number of sulfonamides is 2. The first-order chi connectivity index (χ1) is 27.6. The highest BCUT2D eigenvalue weighted by Crippen LogP contribution is 2.40. The van der Waals surface area contributed by atoms with Gasteiger partial charge in [0.15, 0.2) is 23.0 Å². The Bertz CT molecular complexity index is 2220. The third kappa shape index (κ3) is 17.6. The number of benzene rings is 2. The summed E-state index contributed by atoms with van der Waals surface area (Å²) >= 11 is 1.31. The second-order valence-electron chi connectivity index (χ2n) is 10.6. The molecule has 0 amide bonds. The van der Waals surface area contributed by atoms with Crippen LogP contribution in [-0.4, -0.2) is 99.5 Å². The number of hydrogen-bond donors (Lipinski definition) is 1. The first kappa shape index (κ1) is 51.1. The Kier molecular flexibility index (Phi) is 20.5. The Morgan fingerprint density at radius 1 is 0.695 bits per heavy atom. The third-order valence-corrected chi connectivity index (χ3v) is 11.5. The molecule has 16 nitrogen and oxygen atoms in total. The lowest BCUT2D eigenvalue weighted by Crippen LogP contribution is -2.36. The van der Waals surface area contributed by atoms with Crippen LogP contribution in [0.1, 0.15) is 32.1 Å². The first-order valence-electron chi connectivity index (χ1n) is 15.6. The molecule has 0 radical (unpaired) electrons. The van der Waals surface area contributed by atoms with Gasteiger partial charge in [0.1, 0.15) is 6.73 Å². The number of carbonyl (C=O) groups is 2. The molecule has 27 heteroatoms. The van der Waals surface area contributed by atoms with Crippen LogP contribution >= 0.6 is 46.1 Å². The molecule has 324 valence electrons. The fraction of sp³-hybridized carbons (Fsp3) is 0.312. The molecule has 2 aromatic heterocycles. The fourth-order valence-electron chi connectivity index (χ4n) is 4.16. The van der Waals surface area contributed by atoms with Crippen LogP contribution in [0.4, 0.5) is 38.0 Å². The highest BCUT2D eigenvalue weighted by atomic mass is 127. The average molecular weight is 1030 g/mol. The van der Waals surface area contributed by atoms with E-state index in [1.807, 2.05) is 4.72 Å². The van der Waals surface area contributed by atoms with E-state index in [1.165, 1.54) is 68.0 Å². The number of rotatable bonds is 15. The van der Waals surface area contributed by atoms with Crippen molar-refractivity contribution in [1.82, 2.24) is 19.9 Å². The summed E-state index contributed by atoms with van der Waals surface area (Å²) < 4.78 is 149. The normalized spacial score (nSPS) is 11.6. The molecule has 0 bridgehead atoms. The number of halogens is 7. The molecule has 4 aromatic rings. The largest absolute Gasteiger partial charge is 0.464 e. The van der Waals surface area contributed by atoms with Crippen molar-refractivity contribution in [3.05, 3.63) is 95.8 Å². The molecule has 0 aliphatic carbocycles. The number of ether oxygens (including phenoxy) is 4. The Morgan fingerprint density at radius 3 is 1.61 bits per heavy atom. The van der Waals surface area contributed by atoms with Gasteiger partial charge in [-0.05, 0) is 46.8 Å². The van der Waals surface area contributed by atoms with E-state index < -0.39 is 84.8 Å². The van der Waals surface area contributed by atoms with Gasteiger partial charge in [-0.1, -0.05) is 59.0 Å². The molecule has 0 fully saturated rings. The molecule has 59 heavy (non-hydrogen) atoms.